The summed E-state index contributed by atoms with van der Waals surface area (Å²) in [6, 6.07) is 13.7. The summed E-state index contributed by atoms with van der Waals surface area (Å²) in [5.74, 6) is -0.246. The third-order valence-corrected chi connectivity index (χ3v) is 9.26. The van der Waals surface area contributed by atoms with Gasteiger partial charge in [-0.3, -0.25) is 4.79 Å². The van der Waals surface area contributed by atoms with Crippen molar-refractivity contribution in [1.82, 2.24) is 4.98 Å². The minimum absolute atomic E-state index is 0.174. The van der Waals surface area contributed by atoms with E-state index in [1.807, 2.05) is 42.5 Å². The zero-order valence-corrected chi connectivity index (χ0v) is 22.4. The molecule has 5 rings (SSSR count). The van der Waals surface area contributed by atoms with Crippen LogP contribution in [0.15, 0.2) is 42.5 Å². The minimum atomic E-state index is -0.421. The number of fused-ring (bicyclic) bond motifs is 2. The molecule has 3 aromatic heterocycles. The Hall–Kier alpha value is -3.23. The first-order valence-electron chi connectivity index (χ1n) is 12.0. The van der Waals surface area contributed by atoms with Gasteiger partial charge >= 0.3 is 5.97 Å². The molecule has 0 bridgehead atoms. The Bertz CT molecular complexity index is 1460. The predicted molar refractivity (Wildman–Crippen MR) is 148 cm³/mol. The number of methoxy groups -OCH3 is 1. The average molecular weight is 520 g/mol. The van der Waals surface area contributed by atoms with Crippen LogP contribution in [-0.2, 0) is 17.6 Å². The van der Waals surface area contributed by atoms with Crippen molar-refractivity contribution < 1.29 is 14.3 Å². The first-order valence-corrected chi connectivity index (χ1v) is 13.6. The topological polar surface area (TPSA) is 94.3 Å². The van der Waals surface area contributed by atoms with Crippen molar-refractivity contribution in [2.75, 3.05) is 18.2 Å². The second kappa shape index (κ2) is 9.33. The van der Waals surface area contributed by atoms with Crippen molar-refractivity contribution >= 4 is 55.5 Å². The summed E-state index contributed by atoms with van der Waals surface area (Å²) in [7, 11) is 1.37. The molecule has 3 N–H and O–H groups in total. The lowest BCUT2D eigenvalue weighted by molar-refractivity contribution is 0.0600. The fourth-order valence-corrected chi connectivity index (χ4v) is 7.13. The number of aromatic nitrogens is 1. The van der Waals surface area contributed by atoms with Gasteiger partial charge in [0.1, 0.15) is 14.7 Å². The number of thiophene rings is 2. The number of nitrogens with zero attached hydrogens (tertiary/aromatic N) is 1. The van der Waals surface area contributed by atoms with Crippen LogP contribution in [0.4, 0.5) is 10.7 Å². The van der Waals surface area contributed by atoms with Crippen molar-refractivity contribution in [2.24, 2.45) is 11.3 Å². The van der Waals surface area contributed by atoms with Crippen LogP contribution < -0.4 is 11.1 Å². The maximum atomic E-state index is 13.4. The van der Waals surface area contributed by atoms with E-state index in [-0.39, 0.29) is 11.3 Å². The molecule has 0 aliphatic heterocycles. The number of anilines is 2. The highest BCUT2D eigenvalue weighted by Gasteiger charge is 2.34. The zero-order chi connectivity index (χ0) is 25.6. The molecule has 1 atom stereocenters. The Labute approximate surface area is 218 Å². The third-order valence-electron chi connectivity index (χ3n) is 6.98. The number of nitrogens with one attached hydrogen (secondary N) is 1. The number of hydrogen-bond donors (Lipinski definition) is 2. The molecule has 186 valence electrons. The number of esters is 1. The molecule has 0 spiro atoms. The molecule has 1 amide bonds. The summed E-state index contributed by atoms with van der Waals surface area (Å²) < 4.78 is 5.09. The van der Waals surface area contributed by atoms with Crippen molar-refractivity contribution in [3.63, 3.8) is 0 Å². The molecule has 3 heterocycles. The lowest BCUT2D eigenvalue weighted by atomic mass is 9.72. The Morgan fingerprint density at radius 2 is 1.86 bits per heavy atom. The number of hydrogen-bond acceptors (Lipinski definition) is 7. The SMILES string of the molecule is COC(=O)c1c(NC(=O)c2sc3nc(-c4ccccc4)ccc3c2N)sc2c1CCC(C(C)(C)C)C2. The number of nitrogen functional groups attached to an aromatic ring is 1. The molecular weight excluding hydrogens is 490 g/mol. The van der Waals surface area contributed by atoms with Gasteiger partial charge in [-0.05, 0) is 48.3 Å². The van der Waals surface area contributed by atoms with E-state index in [4.69, 9.17) is 15.5 Å². The summed E-state index contributed by atoms with van der Waals surface area (Å²) in [6.07, 6.45) is 2.69. The molecule has 6 nitrogen and oxygen atoms in total. The van der Waals surface area contributed by atoms with Crippen molar-refractivity contribution in [3.05, 3.63) is 63.3 Å². The second-order valence-electron chi connectivity index (χ2n) is 10.2. The highest BCUT2D eigenvalue weighted by atomic mass is 32.1. The molecule has 1 aliphatic carbocycles. The number of ether oxygens (including phenoxy) is 1. The van der Waals surface area contributed by atoms with Crippen LogP contribution in [0.1, 0.15) is 57.7 Å². The summed E-state index contributed by atoms with van der Waals surface area (Å²) >= 11 is 2.74. The average Bonchev–Trinajstić information content (AvgIpc) is 3.39. The van der Waals surface area contributed by atoms with Crippen LogP contribution in [0.3, 0.4) is 0 Å². The number of amides is 1. The Kier molecular flexibility index (Phi) is 6.34. The second-order valence-corrected chi connectivity index (χ2v) is 12.3. The monoisotopic (exact) mass is 519 g/mol. The van der Waals surface area contributed by atoms with Crippen LogP contribution in [0.25, 0.3) is 21.5 Å². The van der Waals surface area contributed by atoms with Gasteiger partial charge in [0.05, 0.1) is 24.1 Å². The van der Waals surface area contributed by atoms with E-state index in [0.717, 1.165) is 46.3 Å². The van der Waals surface area contributed by atoms with Crippen molar-refractivity contribution in [1.29, 1.82) is 0 Å². The van der Waals surface area contributed by atoms with Crippen LogP contribution in [0.5, 0.6) is 0 Å². The third kappa shape index (κ3) is 4.40. The van der Waals surface area contributed by atoms with Gasteiger partial charge in [0.2, 0.25) is 0 Å². The van der Waals surface area contributed by atoms with Gasteiger partial charge < -0.3 is 15.8 Å². The van der Waals surface area contributed by atoms with Gasteiger partial charge in [-0.25, -0.2) is 9.78 Å². The first-order chi connectivity index (χ1) is 17.2. The smallest absolute Gasteiger partial charge is 0.341 e. The van der Waals surface area contributed by atoms with E-state index in [1.54, 1.807) is 0 Å². The largest absolute Gasteiger partial charge is 0.465 e. The Balaban J connectivity index is 1.48. The van der Waals surface area contributed by atoms with Crippen LogP contribution in [0.2, 0.25) is 0 Å². The van der Waals surface area contributed by atoms with Crippen molar-refractivity contribution in [2.45, 2.75) is 40.0 Å². The molecule has 0 fully saturated rings. The van der Waals surface area contributed by atoms with Crippen LogP contribution in [-0.4, -0.2) is 24.0 Å². The normalized spacial score (nSPS) is 15.5. The molecule has 0 saturated heterocycles. The van der Waals surface area contributed by atoms with Gasteiger partial charge in [-0.2, -0.15) is 0 Å². The van der Waals surface area contributed by atoms with Gasteiger partial charge in [0, 0.05) is 15.8 Å². The highest BCUT2D eigenvalue weighted by molar-refractivity contribution is 7.21. The zero-order valence-electron chi connectivity index (χ0n) is 20.8. The van der Waals surface area contributed by atoms with Gasteiger partial charge in [-0.15, -0.1) is 22.7 Å². The van der Waals surface area contributed by atoms with Gasteiger partial charge in [0.25, 0.3) is 5.91 Å². The van der Waals surface area contributed by atoms with E-state index < -0.39 is 5.97 Å². The molecular formula is C28H29N3O3S2. The number of benzene rings is 1. The summed E-state index contributed by atoms with van der Waals surface area (Å²) in [6.45, 7) is 6.75. The van der Waals surface area contributed by atoms with E-state index in [2.05, 4.69) is 26.1 Å². The van der Waals surface area contributed by atoms with Gasteiger partial charge in [-0.1, -0.05) is 51.1 Å². The van der Waals surface area contributed by atoms with Crippen LogP contribution in [0, 0.1) is 11.3 Å². The Morgan fingerprint density at radius 3 is 2.56 bits per heavy atom. The number of carbonyl (C=O) groups is 2. The standard InChI is InChI=1S/C28H29N3O3S2/c1-28(2,3)16-10-11-17-20(14-16)35-26(21(17)27(33)34-4)31-24(32)23-22(29)18-12-13-19(30-25(18)36-23)15-8-6-5-7-9-15/h5-9,12-13,16H,10-11,14,29H2,1-4H3,(H,31,32). The lowest BCUT2D eigenvalue weighted by Crippen LogP contribution is -2.26. The molecule has 0 radical (unpaired) electrons. The number of carbonyl (C=O) groups excluding carboxylic acids is 2. The van der Waals surface area contributed by atoms with E-state index in [1.165, 1.54) is 29.8 Å². The number of pyridine rings is 1. The fraction of sp³-hybridized carbons (Fsp3) is 0.321. The molecule has 8 heteroatoms. The van der Waals surface area contributed by atoms with Crippen LogP contribution >= 0.6 is 22.7 Å². The van der Waals surface area contributed by atoms with E-state index in [0.29, 0.717) is 31.9 Å². The van der Waals surface area contributed by atoms with E-state index in [9.17, 15) is 9.59 Å². The Morgan fingerprint density at radius 1 is 1.11 bits per heavy atom. The van der Waals surface area contributed by atoms with Gasteiger partial charge in [0.15, 0.2) is 0 Å². The van der Waals surface area contributed by atoms with Crippen molar-refractivity contribution in [3.8, 4) is 11.3 Å². The number of nitrogens with two attached hydrogens (primary N) is 1. The first kappa shape index (κ1) is 24.5. The molecule has 1 aromatic carbocycles. The summed E-state index contributed by atoms with van der Waals surface area (Å²) in [5, 5.41) is 4.26. The summed E-state index contributed by atoms with van der Waals surface area (Å²) in [4.78, 5) is 33.1. The molecule has 1 aliphatic rings. The fourth-order valence-electron chi connectivity index (χ4n) is 4.83. The number of rotatable bonds is 4. The maximum Gasteiger partial charge on any atom is 0.341 e. The molecule has 0 saturated carbocycles. The molecule has 36 heavy (non-hydrogen) atoms. The van der Waals surface area contributed by atoms with E-state index >= 15 is 0 Å². The molecule has 4 aromatic rings. The highest BCUT2D eigenvalue weighted by Crippen LogP contribution is 2.45. The lowest BCUT2D eigenvalue weighted by Gasteiger charge is -2.33. The molecule has 1 unspecified atom stereocenters. The summed E-state index contributed by atoms with van der Waals surface area (Å²) in [5.41, 5.74) is 10.3. The quantitative estimate of drug-likeness (QED) is 0.289. The minimum Gasteiger partial charge on any atom is -0.465 e. The predicted octanol–water partition coefficient (Wildman–Crippen LogP) is 6.80. The maximum absolute atomic E-state index is 13.4.